The van der Waals surface area contributed by atoms with Crippen LogP contribution in [0.2, 0.25) is 0 Å². The summed E-state index contributed by atoms with van der Waals surface area (Å²) in [7, 11) is 0. The Morgan fingerprint density at radius 2 is 1.89 bits per heavy atom. The zero-order chi connectivity index (χ0) is 31.5. The molecule has 232 valence electrons. The molecular formula is C33H36N2O8S. The van der Waals surface area contributed by atoms with E-state index in [1.54, 1.807) is 50.2 Å². The summed E-state index contributed by atoms with van der Waals surface area (Å²) in [6, 6.07) is 9.33. The molecule has 5 rings (SSSR count). The Kier molecular flexibility index (Phi) is 9.24. The third-order valence-corrected chi connectivity index (χ3v) is 8.54. The number of anilines is 1. The first-order valence-electron chi connectivity index (χ1n) is 14.8. The van der Waals surface area contributed by atoms with Crippen molar-refractivity contribution in [3.05, 3.63) is 69.2 Å². The standard InChI is InChI=1S/C33H36N2O8S/c1-6-9-14-42-24-13-10-20(17-25(24)40-7-2)27-26(28(36)21-11-12-23-22(16-21)15-18(4)43-23)29(37)31(38)35(27)33-34-19(5)30(44-33)32(39)41-8-3/h10-13,16-18,27,36H,6-9,14-15H2,1-5H3/t18-,27-/m1/s1. The fraction of sp³-hybridized carbons (Fsp3) is 0.394. The second-order valence-electron chi connectivity index (χ2n) is 10.6. The van der Waals surface area contributed by atoms with E-state index >= 15 is 0 Å². The molecule has 1 amide bonds. The van der Waals surface area contributed by atoms with Crippen LogP contribution in [0.5, 0.6) is 17.2 Å². The van der Waals surface area contributed by atoms with Gasteiger partial charge in [0, 0.05) is 12.0 Å². The van der Waals surface area contributed by atoms with E-state index in [1.807, 2.05) is 13.8 Å². The Morgan fingerprint density at radius 3 is 2.61 bits per heavy atom. The molecule has 0 bridgehead atoms. The Hall–Kier alpha value is -4.38. The van der Waals surface area contributed by atoms with E-state index in [4.69, 9.17) is 18.9 Å². The van der Waals surface area contributed by atoms with E-state index in [0.29, 0.717) is 48.0 Å². The number of amides is 1. The van der Waals surface area contributed by atoms with Crippen LogP contribution in [0.15, 0.2) is 42.0 Å². The van der Waals surface area contributed by atoms with Crippen LogP contribution < -0.4 is 19.1 Å². The number of aromatic nitrogens is 1. The van der Waals surface area contributed by atoms with Crippen molar-refractivity contribution in [3.8, 4) is 17.2 Å². The number of benzene rings is 2. The highest BCUT2D eigenvalue weighted by Crippen LogP contribution is 2.46. The van der Waals surface area contributed by atoms with Crippen molar-refractivity contribution in [2.45, 2.75) is 66.0 Å². The predicted octanol–water partition coefficient (Wildman–Crippen LogP) is 6.16. The number of hydrogen-bond acceptors (Lipinski definition) is 10. The van der Waals surface area contributed by atoms with Crippen molar-refractivity contribution < 1.29 is 38.4 Å². The average molecular weight is 621 g/mol. The molecule has 1 saturated heterocycles. The number of aryl methyl sites for hydroxylation is 1. The number of ketones is 1. The quantitative estimate of drug-likeness (QED) is 0.0883. The lowest BCUT2D eigenvalue weighted by Gasteiger charge is -2.24. The molecule has 0 radical (unpaired) electrons. The van der Waals surface area contributed by atoms with Gasteiger partial charge in [-0.1, -0.05) is 30.7 Å². The van der Waals surface area contributed by atoms with Gasteiger partial charge in [0.05, 0.1) is 37.1 Å². The lowest BCUT2D eigenvalue weighted by molar-refractivity contribution is -0.132. The molecule has 2 aromatic carbocycles. The number of aliphatic hydroxyl groups excluding tert-OH is 1. The number of aliphatic hydroxyl groups is 1. The maximum Gasteiger partial charge on any atom is 0.350 e. The molecule has 3 heterocycles. The maximum atomic E-state index is 13.7. The van der Waals surface area contributed by atoms with Gasteiger partial charge in [-0.05, 0) is 75.6 Å². The summed E-state index contributed by atoms with van der Waals surface area (Å²) in [6.07, 6.45) is 2.47. The molecule has 1 aromatic heterocycles. The maximum absolute atomic E-state index is 13.7. The van der Waals surface area contributed by atoms with Gasteiger partial charge in [-0.2, -0.15) is 0 Å². The minimum atomic E-state index is -1.07. The summed E-state index contributed by atoms with van der Waals surface area (Å²) >= 11 is 0.957. The minimum absolute atomic E-state index is 0.00948. The Morgan fingerprint density at radius 1 is 1.09 bits per heavy atom. The normalized spacial score (nSPS) is 18.7. The van der Waals surface area contributed by atoms with Crippen LogP contribution in [-0.4, -0.2) is 53.7 Å². The molecule has 0 spiro atoms. The van der Waals surface area contributed by atoms with Crippen LogP contribution in [0.25, 0.3) is 5.76 Å². The van der Waals surface area contributed by atoms with Crippen LogP contribution in [0.1, 0.15) is 78.6 Å². The zero-order valence-corrected chi connectivity index (χ0v) is 26.3. The van der Waals surface area contributed by atoms with Crippen molar-refractivity contribution in [1.82, 2.24) is 4.98 Å². The Balaban J connectivity index is 1.67. The first-order chi connectivity index (χ1) is 21.2. The number of Topliss-reactive ketones (excluding diaryl/α,β-unsaturated/α-hetero) is 1. The number of esters is 1. The molecule has 2 aliphatic heterocycles. The van der Waals surface area contributed by atoms with E-state index < -0.39 is 23.7 Å². The number of carbonyl (C=O) groups is 3. The van der Waals surface area contributed by atoms with Crippen molar-refractivity contribution in [1.29, 1.82) is 0 Å². The number of rotatable bonds is 11. The second-order valence-corrected chi connectivity index (χ2v) is 11.6. The average Bonchev–Trinajstić information content (AvgIpc) is 3.65. The number of ether oxygens (including phenoxy) is 4. The third-order valence-electron chi connectivity index (χ3n) is 7.40. The molecule has 0 saturated carbocycles. The van der Waals surface area contributed by atoms with Gasteiger partial charge in [0.2, 0.25) is 0 Å². The molecule has 2 aliphatic rings. The van der Waals surface area contributed by atoms with Crippen molar-refractivity contribution in [2.75, 3.05) is 24.7 Å². The molecule has 2 atom stereocenters. The molecule has 1 N–H and O–H groups in total. The number of carbonyl (C=O) groups excluding carboxylic acids is 3. The number of nitrogens with zero attached hydrogens (tertiary/aromatic N) is 2. The lowest BCUT2D eigenvalue weighted by Crippen LogP contribution is -2.29. The molecule has 0 aliphatic carbocycles. The highest BCUT2D eigenvalue weighted by molar-refractivity contribution is 7.17. The molecule has 1 fully saturated rings. The van der Waals surface area contributed by atoms with Crippen LogP contribution >= 0.6 is 11.3 Å². The fourth-order valence-corrected chi connectivity index (χ4v) is 6.34. The highest BCUT2D eigenvalue weighted by Gasteiger charge is 2.49. The third kappa shape index (κ3) is 5.88. The fourth-order valence-electron chi connectivity index (χ4n) is 5.35. The first-order valence-corrected chi connectivity index (χ1v) is 15.6. The van der Waals surface area contributed by atoms with Crippen LogP contribution in [0.3, 0.4) is 0 Å². The minimum Gasteiger partial charge on any atom is -0.507 e. The highest BCUT2D eigenvalue weighted by atomic mass is 32.1. The van der Waals surface area contributed by atoms with E-state index in [2.05, 4.69) is 11.9 Å². The van der Waals surface area contributed by atoms with Gasteiger partial charge >= 0.3 is 11.9 Å². The molecule has 11 heteroatoms. The number of thiazole rings is 1. The van der Waals surface area contributed by atoms with E-state index in [-0.39, 0.29) is 34.1 Å². The molecule has 0 unspecified atom stereocenters. The van der Waals surface area contributed by atoms with E-state index in [9.17, 15) is 19.5 Å². The molecular weight excluding hydrogens is 584 g/mol. The van der Waals surface area contributed by atoms with Gasteiger partial charge in [-0.25, -0.2) is 9.78 Å². The summed E-state index contributed by atoms with van der Waals surface area (Å²) < 4.78 is 22.8. The molecule has 3 aromatic rings. The van der Waals surface area contributed by atoms with Gasteiger partial charge in [-0.15, -0.1) is 0 Å². The molecule has 44 heavy (non-hydrogen) atoms. The van der Waals surface area contributed by atoms with Gasteiger partial charge in [0.1, 0.15) is 22.5 Å². The van der Waals surface area contributed by atoms with E-state index in [1.165, 1.54) is 4.90 Å². The van der Waals surface area contributed by atoms with Gasteiger partial charge in [-0.3, -0.25) is 14.5 Å². The SMILES string of the molecule is CCCCOc1ccc([C@@H]2C(=C(O)c3ccc4c(c3)C[C@@H](C)O4)C(=O)C(=O)N2c2nc(C)c(C(=O)OCC)s2)cc1OCC. The Bertz CT molecular complexity index is 1630. The largest absolute Gasteiger partial charge is 0.507 e. The van der Waals surface area contributed by atoms with Gasteiger partial charge in [0.15, 0.2) is 16.6 Å². The van der Waals surface area contributed by atoms with Crippen LogP contribution in [0, 0.1) is 6.92 Å². The van der Waals surface area contributed by atoms with Crippen molar-refractivity contribution >= 4 is 39.9 Å². The van der Waals surface area contributed by atoms with Gasteiger partial charge < -0.3 is 24.1 Å². The Labute approximate surface area is 260 Å². The smallest absolute Gasteiger partial charge is 0.350 e. The number of unbranched alkanes of at least 4 members (excludes halogenated alkanes) is 1. The first kappa shape index (κ1) is 31.1. The lowest BCUT2D eigenvalue weighted by atomic mass is 9.94. The van der Waals surface area contributed by atoms with E-state index in [0.717, 1.165) is 35.5 Å². The predicted molar refractivity (Wildman–Crippen MR) is 166 cm³/mol. The monoisotopic (exact) mass is 620 g/mol. The van der Waals surface area contributed by atoms with Crippen LogP contribution in [0.4, 0.5) is 5.13 Å². The zero-order valence-electron chi connectivity index (χ0n) is 25.5. The summed E-state index contributed by atoms with van der Waals surface area (Å²) in [6.45, 7) is 10.3. The summed E-state index contributed by atoms with van der Waals surface area (Å²) in [5, 5.41) is 11.8. The number of fused-ring (bicyclic) bond motifs is 1. The second kappa shape index (κ2) is 13.1. The van der Waals surface area contributed by atoms with Crippen LogP contribution in [-0.2, 0) is 20.7 Å². The number of hydrogen-bond donors (Lipinski definition) is 1. The van der Waals surface area contributed by atoms with Gasteiger partial charge in [0.25, 0.3) is 5.78 Å². The summed E-state index contributed by atoms with van der Waals surface area (Å²) in [5.41, 5.74) is 2.05. The summed E-state index contributed by atoms with van der Waals surface area (Å²) in [5.74, 6) is -0.941. The summed E-state index contributed by atoms with van der Waals surface area (Å²) in [4.78, 5) is 46.1. The van der Waals surface area contributed by atoms with Crippen molar-refractivity contribution in [2.24, 2.45) is 0 Å². The molecule has 10 nitrogen and oxygen atoms in total. The van der Waals surface area contributed by atoms with Crippen molar-refractivity contribution in [3.63, 3.8) is 0 Å². The topological polar surface area (TPSA) is 124 Å².